The molecule has 2 aromatic carbocycles. The van der Waals surface area contributed by atoms with Crippen LogP contribution in [0.1, 0.15) is 31.9 Å². The Bertz CT molecular complexity index is 778. The van der Waals surface area contributed by atoms with E-state index in [-0.39, 0.29) is 4.90 Å². The van der Waals surface area contributed by atoms with Crippen LogP contribution in [-0.4, -0.2) is 25.7 Å². The van der Waals surface area contributed by atoms with Crippen molar-refractivity contribution >= 4 is 10.0 Å². The van der Waals surface area contributed by atoms with Crippen molar-refractivity contribution in [2.24, 2.45) is 5.41 Å². The second-order valence-electron chi connectivity index (χ2n) is 7.54. The van der Waals surface area contributed by atoms with Crippen molar-refractivity contribution in [1.82, 2.24) is 4.72 Å². The summed E-state index contributed by atoms with van der Waals surface area (Å²) in [5.74, 6) is 0. The molecule has 0 bridgehead atoms. The predicted octanol–water partition coefficient (Wildman–Crippen LogP) is 3.29. The normalized spacial score (nSPS) is 14.9. The SMILES string of the molecule is Cc1ccc(S(=O)(=O)N[C@@H](Cc2ccccc2)[C@H](O)C(C)(C)C)cc1. The number of sulfonamides is 1. The van der Waals surface area contributed by atoms with Gasteiger partial charge in [0.1, 0.15) is 0 Å². The van der Waals surface area contributed by atoms with E-state index in [0.717, 1.165) is 11.1 Å². The van der Waals surface area contributed by atoms with Crippen molar-refractivity contribution in [3.05, 3.63) is 65.7 Å². The molecular formula is C20H27NO3S. The Labute approximate surface area is 151 Å². The summed E-state index contributed by atoms with van der Waals surface area (Å²) in [4.78, 5) is 0.206. The van der Waals surface area contributed by atoms with Gasteiger partial charge in [-0.15, -0.1) is 0 Å². The highest BCUT2D eigenvalue weighted by molar-refractivity contribution is 7.89. The maximum Gasteiger partial charge on any atom is 0.240 e. The maximum absolute atomic E-state index is 12.8. The first-order valence-electron chi connectivity index (χ1n) is 8.40. The minimum absolute atomic E-state index is 0.206. The molecule has 0 radical (unpaired) electrons. The standard InChI is InChI=1S/C20H27NO3S/c1-15-10-12-17(13-11-15)25(23,24)21-18(19(22)20(2,3)4)14-16-8-6-5-7-9-16/h5-13,18-19,21-22H,14H2,1-4H3/t18-,19-/m0/s1. The zero-order valence-electron chi connectivity index (χ0n) is 15.2. The van der Waals surface area contributed by atoms with Crippen LogP contribution in [-0.2, 0) is 16.4 Å². The molecule has 0 saturated heterocycles. The molecule has 0 aliphatic carbocycles. The van der Waals surface area contributed by atoms with E-state index in [9.17, 15) is 13.5 Å². The fraction of sp³-hybridized carbons (Fsp3) is 0.400. The lowest BCUT2D eigenvalue weighted by atomic mass is 9.83. The number of hydrogen-bond acceptors (Lipinski definition) is 3. The molecule has 25 heavy (non-hydrogen) atoms. The fourth-order valence-electron chi connectivity index (χ4n) is 2.67. The Balaban J connectivity index is 2.30. The van der Waals surface area contributed by atoms with E-state index in [2.05, 4.69) is 4.72 Å². The van der Waals surface area contributed by atoms with Crippen LogP contribution in [0, 0.1) is 12.3 Å². The smallest absolute Gasteiger partial charge is 0.240 e. The van der Waals surface area contributed by atoms with Gasteiger partial charge in [-0.1, -0.05) is 68.8 Å². The van der Waals surface area contributed by atoms with Gasteiger partial charge in [0.2, 0.25) is 10.0 Å². The van der Waals surface area contributed by atoms with Gasteiger partial charge in [0.05, 0.1) is 17.0 Å². The number of nitrogens with one attached hydrogen (secondary N) is 1. The second kappa shape index (κ2) is 7.68. The van der Waals surface area contributed by atoms with Crippen LogP contribution in [0.5, 0.6) is 0 Å². The largest absolute Gasteiger partial charge is 0.391 e. The summed E-state index contributed by atoms with van der Waals surface area (Å²) in [6, 6.07) is 15.7. The van der Waals surface area contributed by atoms with E-state index in [0.29, 0.717) is 6.42 Å². The van der Waals surface area contributed by atoms with Gasteiger partial charge < -0.3 is 5.11 Å². The first-order chi connectivity index (χ1) is 11.6. The molecular weight excluding hydrogens is 334 g/mol. The Kier molecular flexibility index (Phi) is 6.03. The minimum atomic E-state index is -3.71. The third kappa shape index (κ3) is 5.39. The molecule has 0 saturated carbocycles. The highest BCUT2D eigenvalue weighted by atomic mass is 32.2. The molecule has 2 rings (SSSR count). The average molecular weight is 362 g/mol. The van der Waals surface area contributed by atoms with Crippen molar-refractivity contribution in [3.8, 4) is 0 Å². The van der Waals surface area contributed by atoms with E-state index in [1.807, 2.05) is 58.0 Å². The number of hydrogen-bond donors (Lipinski definition) is 2. The van der Waals surface area contributed by atoms with Crippen molar-refractivity contribution in [3.63, 3.8) is 0 Å². The van der Waals surface area contributed by atoms with E-state index in [1.54, 1.807) is 24.3 Å². The van der Waals surface area contributed by atoms with Gasteiger partial charge in [-0.25, -0.2) is 13.1 Å². The van der Waals surface area contributed by atoms with Gasteiger partial charge in [0, 0.05) is 0 Å². The molecule has 2 atom stereocenters. The summed E-state index contributed by atoms with van der Waals surface area (Å²) >= 11 is 0. The molecule has 2 N–H and O–H groups in total. The number of aliphatic hydroxyl groups is 1. The van der Waals surface area contributed by atoms with Crippen molar-refractivity contribution in [1.29, 1.82) is 0 Å². The highest BCUT2D eigenvalue weighted by Crippen LogP contribution is 2.25. The van der Waals surface area contributed by atoms with Crippen LogP contribution in [0.25, 0.3) is 0 Å². The summed E-state index contributed by atoms with van der Waals surface area (Å²) in [7, 11) is -3.71. The van der Waals surface area contributed by atoms with E-state index < -0.39 is 27.6 Å². The van der Waals surface area contributed by atoms with Crippen molar-refractivity contribution in [2.45, 2.75) is 51.2 Å². The van der Waals surface area contributed by atoms with E-state index in [1.165, 1.54) is 0 Å². The van der Waals surface area contributed by atoms with Crippen LogP contribution in [0.4, 0.5) is 0 Å². The van der Waals surface area contributed by atoms with Gasteiger partial charge in [0.25, 0.3) is 0 Å². The molecule has 0 aliphatic heterocycles. The fourth-order valence-corrected chi connectivity index (χ4v) is 3.92. The minimum Gasteiger partial charge on any atom is -0.391 e. The summed E-state index contributed by atoms with van der Waals surface area (Å²) in [5, 5.41) is 10.7. The Morgan fingerprint density at radius 2 is 1.56 bits per heavy atom. The van der Waals surface area contributed by atoms with Crippen molar-refractivity contribution in [2.75, 3.05) is 0 Å². The summed E-state index contributed by atoms with van der Waals surface area (Å²) in [5.41, 5.74) is 1.52. The number of aliphatic hydroxyl groups excluding tert-OH is 1. The third-order valence-corrected chi connectivity index (χ3v) is 5.71. The number of rotatable bonds is 6. The van der Waals surface area contributed by atoms with Gasteiger partial charge in [-0.2, -0.15) is 0 Å². The Morgan fingerprint density at radius 1 is 1.00 bits per heavy atom. The first-order valence-corrected chi connectivity index (χ1v) is 9.89. The van der Waals surface area contributed by atoms with E-state index in [4.69, 9.17) is 0 Å². The maximum atomic E-state index is 12.8. The highest BCUT2D eigenvalue weighted by Gasteiger charge is 2.33. The summed E-state index contributed by atoms with van der Waals surface area (Å²) in [6.07, 6.45) is -0.405. The van der Waals surface area contributed by atoms with Gasteiger partial charge in [0.15, 0.2) is 0 Å². The number of aryl methyl sites for hydroxylation is 1. The lowest BCUT2D eigenvalue weighted by molar-refractivity contribution is 0.0357. The molecule has 0 spiro atoms. The molecule has 0 amide bonds. The van der Waals surface area contributed by atoms with Crippen LogP contribution in [0.15, 0.2) is 59.5 Å². The quantitative estimate of drug-likeness (QED) is 0.830. The van der Waals surface area contributed by atoms with Crippen LogP contribution in [0.2, 0.25) is 0 Å². The molecule has 0 heterocycles. The first kappa shape index (κ1) is 19.6. The molecule has 5 heteroatoms. The summed E-state index contributed by atoms with van der Waals surface area (Å²) in [6.45, 7) is 7.60. The average Bonchev–Trinajstić information content (AvgIpc) is 2.54. The lowest BCUT2D eigenvalue weighted by Gasteiger charge is -2.33. The molecule has 136 valence electrons. The molecule has 0 aromatic heterocycles. The van der Waals surface area contributed by atoms with Gasteiger partial charge >= 0.3 is 0 Å². The topological polar surface area (TPSA) is 66.4 Å². The van der Waals surface area contributed by atoms with Crippen molar-refractivity contribution < 1.29 is 13.5 Å². The van der Waals surface area contributed by atoms with Gasteiger partial charge in [-0.05, 0) is 36.5 Å². The van der Waals surface area contributed by atoms with Gasteiger partial charge in [-0.3, -0.25) is 0 Å². The molecule has 0 unspecified atom stereocenters. The zero-order chi connectivity index (χ0) is 18.7. The van der Waals surface area contributed by atoms with Crippen LogP contribution in [0.3, 0.4) is 0 Å². The van der Waals surface area contributed by atoms with Crippen LogP contribution < -0.4 is 4.72 Å². The second-order valence-corrected chi connectivity index (χ2v) is 9.26. The lowest BCUT2D eigenvalue weighted by Crippen LogP contribution is -2.49. The Morgan fingerprint density at radius 3 is 2.08 bits per heavy atom. The molecule has 0 fully saturated rings. The predicted molar refractivity (Wildman–Crippen MR) is 101 cm³/mol. The monoisotopic (exact) mass is 361 g/mol. The molecule has 0 aliphatic rings. The summed E-state index contributed by atoms with van der Waals surface area (Å²) < 4.78 is 28.2. The molecule has 2 aromatic rings. The zero-order valence-corrected chi connectivity index (χ0v) is 16.0. The Hall–Kier alpha value is -1.69. The van der Waals surface area contributed by atoms with Crippen LogP contribution >= 0.6 is 0 Å². The number of benzene rings is 2. The molecule has 4 nitrogen and oxygen atoms in total. The third-order valence-electron chi connectivity index (χ3n) is 4.20. The van der Waals surface area contributed by atoms with E-state index >= 15 is 0 Å².